The van der Waals surface area contributed by atoms with Crippen molar-refractivity contribution in [2.75, 3.05) is 0 Å². The Labute approximate surface area is 202 Å². The number of ether oxygens (including phenoxy) is 2. The Bertz CT molecular complexity index is 1120. The maximum Gasteiger partial charge on any atom is 0.343 e. The maximum atomic E-state index is 12.6. The molecule has 178 valence electrons. The highest BCUT2D eigenvalue weighted by Crippen LogP contribution is 2.28. The molecule has 0 aliphatic carbocycles. The van der Waals surface area contributed by atoms with Crippen LogP contribution in [0.5, 0.6) is 11.5 Å². The second-order valence-electron chi connectivity index (χ2n) is 9.80. The molecule has 0 amide bonds. The Morgan fingerprint density at radius 2 is 1.12 bits per heavy atom. The van der Waals surface area contributed by atoms with Gasteiger partial charge in [-0.15, -0.1) is 0 Å². The first-order valence-corrected chi connectivity index (χ1v) is 11.8. The molecule has 3 aromatic rings. The second-order valence-corrected chi connectivity index (χ2v) is 9.80. The number of ketones is 1. The van der Waals surface area contributed by atoms with Crippen molar-refractivity contribution in [2.24, 2.45) is 5.41 Å². The Balaban J connectivity index is 1.64. The molecule has 0 unspecified atom stereocenters. The van der Waals surface area contributed by atoms with Crippen LogP contribution in [0.1, 0.15) is 75.1 Å². The molecule has 0 spiro atoms. The van der Waals surface area contributed by atoms with Crippen LogP contribution in [0, 0.1) is 5.41 Å². The lowest BCUT2D eigenvalue weighted by atomic mass is 9.82. The Hall–Kier alpha value is -3.40. The van der Waals surface area contributed by atoms with Crippen molar-refractivity contribution in [2.45, 2.75) is 60.0 Å². The number of Topliss-reactive ketones (excluding diaryl/α,β-unsaturated/α-hetero) is 1. The third kappa shape index (κ3) is 6.13. The summed E-state index contributed by atoms with van der Waals surface area (Å²) in [6.07, 6.45) is 1.68. The van der Waals surface area contributed by atoms with Crippen LogP contribution in [0.15, 0.2) is 72.8 Å². The van der Waals surface area contributed by atoms with Crippen molar-refractivity contribution in [3.63, 3.8) is 0 Å². The summed E-state index contributed by atoms with van der Waals surface area (Å²) in [7, 11) is 0. The summed E-state index contributed by atoms with van der Waals surface area (Å²) in [5, 5.41) is 0. The summed E-state index contributed by atoms with van der Waals surface area (Å²) in [4.78, 5) is 25.1. The van der Waals surface area contributed by atoms with Gasteiger partial charge in [-0.3, -0.25) is 4.79 Å². The van der Waals surface area contributed by atoms with E-state index in [9.17, 15) is 9.59 Å². The molecule has 0 heterocycles. The molecule has 0 fully saturated rings. The molecule has 0 radical (unpaired) electrons. The number of carbonyl (C=O) groups excluding carboxylic acids is 2. The zero-order chi connectivity index (χ0) is 24.9. The molecule has 0 aliphatic rings. The predicted octanol–water partition coefficient (Wildman–Crippen LogP) is 7.76. The lowest BCUT2D eigenvalue weighted by molar-refractivity contribution is 0.0733. The van der Waals surface area contributed by atoms with E-state index >= 15 is 0 Å². The van der Waals surface area contributed by atoms with E-state index in [-0.39, 0.29) is 11.4 Å². The molecule has 3 aromatic carbocycles. The fraction of sp³-hybridized carbons (Fsp3) is 0.333. The largest absolute Gasteiger partial charge is 0.488 e. The van der Waals surface area contributed by atoms with E-state index in [0.717, 1.165) is 29.7 Å². The van der Waals surface area contributed by atoms with E-state index in [4.69, 9.17) is 9.47 Å². The highest BCUT2D eigenvalue weighted by atomic mass is 16.5. The molecule has 0 bridgehead atoms. The van der Waals surface area contributed by atoms with Crippen LogP contribution in [0.3, 0.4) is 0 Å². The summed E-state index contributed by atoms with van der Waals surface area (Å²) in [5.74, 6) is 0.915. The molecule has 0 aliphatic heterocycles. The second kappa shape index (κ2) is 10.3. The molecule has 0 atom stereocenters. The SMILES string of the molecule is CCC(C)(C)Oc1ccc(-c2ccc(OC(=O)c3ccc(C(=O)C(C)(C)CC)cc3)cc2)cc1. The minimum absolute atomic E-state index is 0.0687. The molecular weight excluding hydrogens is 424 g/mol. The monoisotopic (exact) mass is 458 g/mol. The maximum absolute atomic E-state index is 12.6. The van der Waals surface area contributed by atoms with Crippen molar-refractivity contribution in [1.82, 2.24) is 0 Å². The summed E-state index contributed by atoms with van der Waals surface area (Å²) >= 11 is 0. The van der Waals surface area contributed by atoms with Gasteiger partial charge < -0.3 is 9.47 Å². The molecule has 0 aromatic heterocycles. The van der Waals surface area contributed by atoms with Gasteiger partial charge in [0.1, 0.15) is 17.1 Å². The van der Waals surface area contributed by atoms with Gasteiger partial charge in [-0.1, -0.05) is 64.1 Å². The minimum Gasteiger partial charge on any atom is -0.488 e. The van der Waals surface area contributed by atoms with Crippen molar-refractivity contribution < 1.29 is 19.1 Å². The summed E-state index contributed by atoms with van der Waals surface area (Å²) in [5.41, 5.74) is 2.44. The smallest absolute Gasteiger partial charge is 0.343 e. The fourth-order valence-corrected chi connectivity index (χ4v) is 3.30. The third-order valence-corrected chi connectivity index (χ3v) is 6.38. The molecule has 0 N–H and O–H groups in total. The van der Waals surface area contributed by atoms with E-state index in [0.29, 0.717) is 16.9 Å². The van der Waals surface area contributed by atoms with Crippen LogP contribution in [0.25, 0.3) is 11.1 Å². The summed E-state index contributed by atoms with van der Waals surface area (Å²) < 4.78 is 11.5. The van der Waals surface area contributed by atoms with Gasteiger partial charge in [0, 0.05) is 11.0 Å². The average molecular weight is 459 g/mol. The number of hydrogen-bond acceptors (Lipinski definition) is 4. The zero-order valence-electron chi connectivity index (χ0n) is 21.0. The van der Waals surface area contributed by atoms with E-state index in [1.54, 1.807) is 36.4 Å². The fourth-order valence-electron chi connectivity index (χ4n) is 3.30. The van der Waals surface area contributed by atoms with Crippen LogP contribution in [0.4, 0.5) is 0 Å². The zero-order valence-corrected chi connectivity index (χ0v) is 21.0. The number of benzene rings is 3. The van der Waals surface area contributed by atoms with Crippen molar-refractivity contribution in [3.8, 4) is 22.6 Å². The summed E-state index contributed by atoms with van der Waals surface area (Å²) in [6.45, 7) is 12.1. The molecule has 4 heteroatoms. The van der Waals surface area contributed by atoms with Crippen molar-refractivity contribution in [3.05, 3.63) is 83.9 Å². The number of esters is 1. The van der Waals surface area contributed by atoms with Crippen LogP contribution in [-0.4, -0.2) is 17.4 Å². The van der Waals surface area contributed by atoms with Gasteiger partial charge in [0.25, 0.3) is 0 Å². The Morgan fingerprint density at radius 1 is 0.647 bits per heavy atom. The van der Waals surface area contributed by atoms with E-state index in [1.165, 1.54) is 0 Å². The first kappa shape index (κ1) is 25.2. The number of hydrogen-bond donors (Lipinski definition) is 0. The third-order valence-electron chi connectivity index (χ3n) is 6.38. The minimum atomic E-state index is -0.457. The highest BCUT2D eigenvalue weighted by molar-refractivity contribution is 6.01. The van der Waals surface area contributed by atoms with Gasteiger partial charge in [-0.05, 0) is 74.2 Å². The van der Waals surface area contributed by atoms with Crippen molar-refractivity contribution >= 4 is 11.8 Å². The molecule has 3 rings (SSSR count). The van der Waals surface area contributed by atoms with E-state index < -0.39 is 11.4 Å². The van der Waals surface area contributed by atoms with Gasteiger partial charge in [0.05, 0.1) is 5.56 Å². The van der Waals surface area contributed by atoms with E-state index in [2.05, 4.69) is 20.8 Å². The predicted molar refractivity (Wildman–Crippen MR) is 137 cm³/mol. The highest BCUT2D eigenvalue weighted by Gasteiger charge is 2.26. The molecule has 0 saturated heterocycles. The van der Waals surface area contributed by atoms with Gasteiger partial charge in [-0.25, -0.2) is 4.79 Å². The van der Waals surface area contributed by atoms with Crippen LogP contribution in [0.2, 0.25) is 0 Å². The summed E-state index contributed by atoms with van der Waals surface area (Å²) in [6, 6.07) is 22.0. The Morgan fingerprint density at radius 3 is 1.59 bits per heavy atom. The molecule has 4 nitrogen and oxygen atoms in total. The topological polar surface area (TPSA) is 52.6 Å². The molecule has 34 heavy (non-hydrogen) atoms. The normalized spacial score (nSPS) is 11.7. The lowest BCUT2D eigenvalue weighted by Gasteiger charge is -2.24. The standard InChI is InChI=1S/C30H34O4/c1-7-29(3,4)27(31)23-9-11-24(12-10-23)28(32)33-25-17-13-21(14-18-25)22-15-19-26(20-16-22)34-30(5,6)8-2/h9-20H,7-8H2,1-6H3. The Kier molecular flexibility index (Phi) is 7.61. The van der Waals surface area contributed by atoms with Gasteiger partial charge >= 0.3 is 5.97 Å². The lowest BCUT2D eigenvalue weighted by Crippen LogP contribution is -2.26. The van der Waals surface area contributed by atoms with E-state index in [1.807, 2.05) is 57.2 Å². The molecule has 0 saturated carbocycles. The number of carbonyl (C=O) groups is 2. The van der Waals surface area contributed by atoms with Crippen LogP contribution < -0.4 is 9.47 Å². The van der Waals surface area contributed by atoms with Gasteiger partial charge in [0.2, 0.25) is 0 Å². The first-order chi connectivity index (χ1) is 16.0. The van der Waals surface area contributed by atoms with Crippen molar-refractivity contribution in [1.29, 1.82) is 0 Å². The van der Waals surface area contributed by atoms with Crippen LogP contribution >= 0.6 is 0 Å². The van der Waals surface area contributed by atoms with Gasteiger partial charge in [0.15, 0.2) is 5.78 Å². The van der Waals surface area contributed by atoms with Crippen LogP contribution in [-0.2, 0) is 0 Å². The first-order valence-electron chi connectivity index (χ1n) is 11.8. The average Bonchev–Trinajstić information content (AvgIpc) is 2.84. The van der Waals surface area contributed by atoms with Gasteiger partial charge in [-0.2, -0.15) is 0 Å². The molecular formula is C30H34O4. The quantitative estimate of drug-likeness (QED) is 0.187. The number of rotatable bonds is 9.